The number of carbonyl (C=O) groups excluding carboxylic acids is 1. The summed E-state index contributed by atoms with van der Waals surface area (Å²) in [5.74, 6) is -2.29. The summed E-state index contributed by atoms with van der Waals surface area (Å²) in [5.41, 5.74) is 0.953. The molecule has 1 aromatic heterocycles. The number of carboxylic acids is 1. The highest BCUT2D eigenvalue weighted by atomic mass is 19.4. The Hall–Kier alpha value is -3.62. The number of carboxylic acid groups (broad SMARTS) is 1. The average molecular weight is 472 g/mol. The molecule has 2 aromatic carbocycles. The van der Waals surface area contributed by atoms with Gasteiger partial charge < -0.3 is 14.4 Å². The van der Waals surface area contributed by atoms with Crippen molar-refractivity contribution in [1.29, 1.82) is 0 Å². The van der Waals surface area contributed by atoms with Crippen molar-refractivity contribution in [3.05, 3.63) is 71.1 Å². The van der Waals surface area contributed by atoms with Gasteiger partial charge in [-0.1, -0.05) is 43.3 Å². The maximum Gasteiger partial charge on any atom is 0.437 e. The van der Waals surface area contributed by atoms with Crippen molar-refractivity contribution in [2.24, 2.45) is 5.92 Å². The Morgan fingerprint density at radius 3 is 2.26 bits per heavy atom. The number of carbonyl (C=O) groups is 2. The van der Waals surface area contributed by atoms with E-state index in [4.69, 9.17) is 9.52 Å². The maximum atomic E-state index is 13.6. The first-order chi connectivity index (χ1) is 16.1. The third kappa shape index (κ3) is 5.13. The van der Waals surface area contributed by atoms with E-state index in [9.17, 15) is 22.8 Å². The van der Waals surface area contributed by atoms with Crippen LogP contribution in [0.2, 0.25) is 0 Å². The quantitative estimate of drug-likeness (QED) is 0.462. The Morgan fingerprint density at radius 1 is 1.09 bits per heavy atom. The molecule has 0 amide bonds. The lowest BCUT2D eigenvalue weighted by Gasteiger charge is -2.29. The highest BCUT2D eigenvalue weighted by molar-refractivity contribution is 5.96. The number of nitrogens with zero attached hydrogens (tertiary/aromatic N) is 2. The zero-order valence-corrected chi connectivity index (χ0v) is 18.4. The summed E-state index contributed by atoms with van der Waals surface area (Å²) in [4.78, 5) is 29.1. The van der Waals surface area contributed by atoms with Gasteiger partial charge in [-0.2, -0.15) is 18.2 Å². The minimum atomic E-state index is -4.81. The van der Waals surface area contributed by atoms with Gasteiger partial charge in [-0.05, 0) is 47.6 Å². The minimum absolute atomic E-state index is 0.164. The van der Waals surface area contributed by atoms with Crippen molar-refractivity contribution < 1.29 is 32.3 Å². The van der Waals surface area contributed by atoms with Crippen LogP contribution in [0.15, 0.2) is 52.9 Å². The topological polar surface area (TPSA) is 83.6 Å². The molecule has 1 aliphatic rings. The molecule has 0 saturated carbocycles. The molecule has 1 unspecified atom stereocenters. The van der Waals surface area contributed by atoms with E-state index in [2.05, 4.69) is 4.98 Å². The number of piperidine rings is 1. The van der Waals surface area contributed by atoms with Crippen molar-refractivity contribution in [1.82, 2.24) is 4.98 Å². The molecule has 0 bridgehead atoms. The molecule has 1 aliphatic heterocycles. The van der Waals surface area contributed by atoms with Gasteiger partial charge in [-0.25, -0.2) is 4.79 Å². The van der Waals surface area contributed by atoms with Gasteiger partial charge in [0.1, 0.15) is 0 Å². The molecule has 0 spiro atoms. The number of aromatic nitrogens is 1. The molecule has 0 aliphatic carbocycles. The second-order valence-corrected chi connectivity index (χ2v) is 8.54. The molecule has 1 atom stereocenters. The fraction of sp³-hybridized carbons (Fsp3) is 0.320. The molecule has 6 nitrogen and oxygen atoms in total. The third-order valence-corrected chi connectivity index (χ3v) is 5.85. The van der Waals surface area contributed by atoms with Crippen LogP contribution in [0.4, 0.5) is 19.2 Å². The number of hydrogen-bond donors (Lipinski definition) is 1. The zero-order valence-electron chi connectivity index (χ0n) is 18.4. The molecular formula is C25H23F3N2O4. The van der Waals surface area contributed by atoms with Gasteiger partial charge in [-0.3, -0.25) is 4.79 Å². The lowest BCUT2D eigenvalue weighted by Crippen LogP contribution is -2.34. The van der Waals surface area contributed by atoms with Crippen LogP contribution in [0.5, 0.6) is 0 Å². The van der Waals surface area contributed by atoms with E-state index in [1.165, 1.54) is 12.1 Å². The Kier molecular flexibility index (Phi) is 6.45. The number of halogens is 3. The van der Waals surface area contributed by atoms with E-state index in [-0.39, 0.29) is 18.0 Å². The van der Waals surface area contributed by atoms with Gasteiger partial charge in [0.15, 0.2) is 5.69 Å². The molecular weight excluding hydrogens is 449 g/mol. The third-order valence-electron chi connectivity index (χ3n) is 5.85. The summed E-state index contributed by atoms with van der Waals surface area (Å²) in [5, 5.41) is 9.00. The fourth-order valence-electron chi connectivity index (χ4n) is 4.07. The number of alkyl halides is 3. The first kappa shape index (κ1) is 23.5. The van der Waals surface area contributed by atoms with Crippen molar-refractivity contribution in [3.63, 3.8) is 0 Å². The first-order valence-electron chi connectivity index (χ1n) is 10.9. The lowest BCUT2D eigenvalue weighted by atomic mass is 10.00. The van der Waals surface area contributed by atoms with Crippen molar-refractivity contribution >= 4 is 17.8 Å². The maximum absolute atomic E-state index is 13.6. The van der Waals surface area contributed by atoms with Gasteiger partial charge in [0.05, 0.1) is 5.56 Å². The molecule has 1 fully saturated rings. The van der Waals surface area contributed by atoms with Gasteiger partial charge >= 0.3 is 12.1 Å². The molecule has 9 heteroatoms. The van der Waals surface area contributed by atoms with Gasteiger partial charge in [0, 0.05) is 19.5 Å². The van der Waals surface area contributed by atoms with Crippen LogP contribution in [0.1, 0.15) is 51.9 Å². The van der Waals surface area contributed by atoms with Crippen LogP contribution >= 0.6 is 0 Å². The summed E-state index contributed by atoms with van der Waals surface area (Å²) in [6.45, 7) is 3.07. The second kappa shape index (κ2) is 9.32. The van der Waals surface area contributed by atoms with Crippen LogP contribution in [0.3, 0.4) is 0 Å². The summed E-state index contributed by atoms with van der Waals surface area (Å²) in [7, 11) is 0. The van der Waals surface area contributed by atoms with Crippen LogP contribution < -0.4 is 4.90 Å². The van der Waals surface area contributed by atoms with Crippen molar-refractivity contribution in [2.45, 2.75) is 32.4 Å². The second-order valence-electron chi connectivity index (χ2n) is 8.54. The number of rotatable bonds is 6. The fourth-order valence-corrected chi connectivity index (χ4v) is 4.07. The van der Waals surface area contributed by atoms with Crippen LogP contribution in [0, 0.1) is 5.92 Å². The van der Waals surface area contributed by atoms with E-state index in [1.54, 1.807) is 41.3 Å². The molecule has 2 heterocycles. The zero-order chi connectivity index (χ0) is 24.5. The number of ketones is 1. The van der Waals surface area contributed by atoms with Crippen LogP contribution in [-0.2, 0) is 12.6 Å². The van der Waals surface area contributed by atoms with E-state index in [0.717, 1.165) is 24.0 Å². The van der Waals surface area contributed by atoms with E-state index in [0.29, 0.717) is 24.6 Å². The minimum Gasteiger partial charge on any atom is -0.478 e. The predicted octanol–water partition coefficient (Wildman–Crippen LogP) is 5.72. The molecule has 1 N–H and O–H groups in total. The molecule has 1 saturated heterocycles. The number of anilines is 1. The molecule has 4 rings (SSSR count). The highest BCUT2D eigenvalue weighted by Crippen LogP contribution is 2.35. The van der Waals surface area contributed by atoms with Crippen molar-refractivity contribution in [2.75, 3.05) is 18.0 Å². The number of aromatic carboxylic acids is 1. The number of benzene rings is 2. The molecule has 3 aromatic rings. The Balaban J connectivity index is 1.53. The lowest BCUT2D eigenvalue weighted by molar-refractivity contribution is -0.141. The number of oxazole rings is 1. The SMILES string of the molecule is CC1CCCN(c2nc(C(F)(F)F)c(C(=O)Cc3ccc(-c4ccc(C(=O)O)cc4)cc3)o2)C1. The number of hydrogen-bond acceptors (Lipinski definition) is 5. The standard InChI is InChI=1S/C25H23F3N2O4/c1-15-3-2-12-30(14-15)24-29-22(25(26,27)28)21(34-24)20(31)13-16-4-6-17(7-5-16)18-8-10-19(11-9-18)23(32)33/h4-11,15H,2-3,12-14H2,1H3,(H,32,33). The normalized spacial score (nSPS) is 16.5. The summed E-state index contributed by atoms with van der Waals surface area (Å²) in [6.07, 6.45) is -3.28. The molecule has 34 heavy (non-hydrogen) atoms. The Bertz CT molecular complexity index is 1180. The summed E-state index contributed by atoms with van der Waals surface area (Å²) < 4.78 is 46.2. The molecule has 0 radical (unpaired) electrons. The highest BCUT2D eigenvalue weighted by Gasteiger charge is 2.42. The Morgan fingerprint density at radius 2 is 1.71 bits per heavy atom. The summed E-state index contributed by atoms with van der Waals surface area (Å²) in [6, 6.07) is 12.9. The van der Waals surface area contributed by atoms with E-state index in [1.807, 2.05) is 6.92 Å². The smallest absolute Gasteiger partial charge is 0.437 e. The van der Waals surface area contributed by atoms with Crippen molar-refractivity contribution in [3.8, 4) is 11.1 Å². The predicted molar refractivity (Wildman–Crippen MR) is 119 cm³/mol. The summed E-state index contributed by atoms with van der Waals surface area (Å²) >= 11 is 0. The van der Waals surface area contributed by atoms with Gasteiger partial charge in [-0.15, -0.1) is 0 Å². The van der Waals surface area contributed by atoms with E-state index < -0.39 is 29.4 Å². The largest absolute Gasteiger partial charge is 0.478 e. The average Bonchev–Trinajstić information content (AvgIpc) is 3.26. The van der Waals surface area contributed by atoms with E-state index >= 15 is 0 Å². The molecule has 178 valence electrons. The van der Waals surface area contributed by atoms with Gasteiger partial charge in [0.2, 0.25) is 11.5 Å². The van der Waals surface area contributed by atoms with Crippen LogP contribution in [0.25, 0.3) is 11.1 Å². The van der Waals surface area contributed by atoms with Gasteiger partial charge in [0.25, 0.3) is 6.01 Å². The monoisotopic (exact) mass is 472 g/mol. The Labute approximate surface area is 194 Å². The number of Topliss-reactive ketones (excluding diaryl/α,β-unsaturated/α-hetero) is 1. The first-order valence-corrected chi connectivity index (χ1v) is 10.9. The van der Waals surface area contributed by atoms with Crippen LogP contribution in [-0.4, -0.2) is 34.9 Å².